The Hall–Kier alpha value is -1.55. The number of hydrogen-bond acceptors (Lipinski definition) is 3. The highest BCUT2D eigenvalue weighted by atomic mass is 16.6. The van der Waals surface area contributed by atoms with Crippen molar-refractivity contribution in [2.24, 2.45) is 0 Å². The zero-order valence-electron chi connectivity index (χ0n) is 12.5. The SMILES string of the molecule is O=C(OCc1ccccc1)N(C[C@H]1CCCCN1)C1CC1. The van der Waals surface area contributed by atoms with E-state index in [4.69, 9.17) is 4.74 Å². The molecule has 4 heteroatoms. The van der Waals surface area contributed by atoms with Crippen molar-refractivity contribution >= 4 is 6.09 Å². The second-order valence-corrected chi connectivity index (χ2v) is 6.07. The lowest BCUT2D eigenvalue weighted by molar-refractivity contribution is 0.0881. The summed E-state index contributed by atoms with van der Waals surface area (Å²) in [6, 6.07) is 10.7. The highest BCUT2D eigenvalue weighted by molar-refractivity contribution is 5.68. The number of carbonyl (C=O) groups is 1. The molecule has 1 aromatic carbocycles. The van der Waals surface area contributed by atoms with E-state index in [1.165, 1.54) is 12.8 Å². The minimum atomic E-state index is -0.159. The molecule has 1 N–H and O–H groups in total. The fourth-order valence-corrected chi connectivity index (χ4v) is 2.88. The van der Waals surface area contributed by atoms with Gasteiger partial charge in [-0.3, -0.25) is 0 Å². The van der Waals surface area contributed by atoms with Crippen LogP contribution in [0.3, 0.4) is 0 Å². The zero-order chi connectivity index (χ0) is 14.5. The van der Waals surface area contributed by atoms with Crippen molar-refractivity contribution in [3.63, 3.8) is 0 Å². The van der Waals surface area contributed by atoms with Gasteiger partial charge in [-0.05, 0) is 37.8 Å². The molecular formula is C17H24N2O2. The van der Waals surface area contributed by atoms with Gasteiger partial charge in [-0.2, -0.15) is 0 Å². The Bertz CT molecular complexity index is 453. The van der Waals surface area contributed by atoms with Crippen molar-refractivity contribution in [3.8, 4) is 0 Å². The highest BCUT2D eigenvalue weighted by Crippen LogP contribution is 2.28. The molecule has 1 aliphatic heterocycles. The van der Waals surface area contributed by atoms with Crippen LogP contribution < -0.4 is 5.32 Å². The van der Waals surface area contributed by atoms with Crippen LogP contribution in [0.25, 0.3) is 0 Å². The fourth-order valence-electron chi connectivity index (χ4n) is 2.88. The molecule has 3 rings (SSSR count). The van der Waals surface area contributed by atoms with Gasteiger partial charge in [0, 0.05) is 18.6 Å². The number of carbonyl (C=O) groups excluding carboxylic acids is 1. The summed E-state index contributed by atoms with van der Waals surface area (Å²) in [5.74, 6) is 0. The average molecular weight is 288 g/mol. The predicted molar refractivity (Wildman–Crippen MR) is 82.0 cm³/mol. The van der Waals surface area contributed by atoms with E-state index in [2.05, 4.69) is 5.32 Å². The van der Waals surface area contributed by atoms with E-state index in [1.807, 2.05) is 35.2 Å². The van der Waals surface area contributed by atoms with Crippen LogP contribution in [0.5, 0.6) is 0 Å². The summed E-state index contributed by atoms with van der Waals surface area (Å²) in [5, 5.41) is 3.51. The molecular weight excluding hydrogens is 264 g/mol. The fraction of sp³-hybridized carbons (Fsp3) is 0.588. The van der Waals surface area contributed by atoms with Gasteiger partial charge in [-0.15, -0.1) is 0 Å². The van der Waals surface area contributed by atoms with E-state index in [0.717, 1.165) is 37.9 Å². The normalized spacial score (nSPS) is 21.8. The van der Waals surface area contributed by atoms with Crippen LogP contribution in [0.15, 0.2) is 30.3 Å². The third-order valence-corrected chi connectivity index (χ3v) is 4.26. The molecule has 2 aliphatic rings. The topological polar surface area (TPSA) is 41.6 Å². The van der Waals surface area contributed by atoms with E-state index in [1.54, 1.807) is 0 Å². The molecule has 1 heterocycles. The van der Waals surface area contributed by atoms with Gasteiger partial charge in [0.15, 0.2) is 0 Å². The molecule has 0 spiro atoms. The first-order valence-electron chi connectivity index (χ1n) is 8.03. The van der Waals surface area contributed by atoms with Crippen LogP contribution in [0.4, 0.5) is 4.79 Å². The van der Waals surface area contributed by atoms with Crippen molar-refractivity contribution in [1.29, 1.82) is 0 Å². The summed E-state index contributed by atoms with van der Waals surface area (Å²) < 4.78 is 5.49. The Morgan fingerprint density at radius 2 is 2.00 bits per heavy atom. The van der Waals surface area contributed by atoms with Gasteiger partial charge in [0.05, 0.1) is 0 Å². The number of piperidine rings is 1. The van der Waals surface area contributed by atoms with Gasteiger partial charge in [0.2, 0.25) is 0 Å². The summed E-state index contributed by atoms with van der Waals surface area (Å²) in [5.41, 5.74) is 1.04. The molecule has 1 amide bonds. The summed E-state index contributed by atoms with van der Waals surface area (Å²) >= 11 is 0. The number of hydrogen-bond donors (Lipinski definition) is 1. The molecule has 1 aliphatic carbocycles. The summed E-state index contributed by atoms with van der Waals surface area (Å²) in [4.78, 5) is 14.3. The van der Waals surface area contributed by atoms with Gasteiger partial charge in [0.25, 0.3) is 0 Å². The molecule has 114 valence electrons. The van der Waals surface area contributed by atoms with Crippen LogP contribution in [0.1, 0.15) is 37.7 Å². The molecule has 0 aromatic heterocycles. The van der Waals surface area contributed by atoms with E-state index in [9.17, 15) is 4.79 Å². The van der Waals surface area contributed by atoms with Crippen molar-refractivity contribution < 1.29 is 9.53 Å². The van der Waals surface area contributed by atoms with Crippen molar-refractivity contribution in [2.75, 3.05) is 13.1 Å². The molecule has 1 atom stereocenters. The van der Waals surface area contributed by atoms with Gasteiger partial charge >= 0.3 is 6.09 Å². The second-order valence-electron chi connectivity index (χ2n) is 6.07. The molecule has 0 radical (unpaired) electrons. The van der Waals surface area contributed by atoms with E-state index in [0.29, 0.717) is 18.7 Å². The minimum absolute atomic E-state index is 0.159. The van der Waals surface area contributed by atoms with Crippen LogP contribution in [-0.4, -0.2) is 36.2 Å². The maximum atomic E-state index is 12.3. The Morgan fingerprint density at radius 1 is 1.19 bits per heavy atom. The van der Waals surface area contributed by atoms with Crippen LogP contribution in [-0.2, 0) is 11.3 Å². The lowest BCUT2D eigenvalue weighted by atomic mass is 10.0. The monoisotopic (exact) mass is 288 g/mol. The number of amides is 1. The standard InChI is InChI=1S/C17H24N2O2/c20-17(21-13-14-6-2-1-3-7-14)19(16-9-10-16)12-15-8-4-5-11-18-15/h1-3,6-7,15-16,18H,4-5,8-13H2/t15-/m1/s1. The lowest BCUT2D eigenvalue weighted by Gasteiger charge is -2.30. The van der Waals surface area contributed by atoms with Crippen molar-refractivity contribution in [1.82, 2.24) is 10.2 Å². The van der Waals surface area contributed by atoms with E-state index >= 15 is 0 Å². The quantitative estimate of drug-likeness (QED) is 0.905. The first kappa shape index (κ1) is 14.4. The number of nitrogens with one attached hydrogen (secondary N) is 1. The van der Waals surface area contributed by atoms with Crippen molar-refractivity contribution in [3.05, 3.63) is 35.9 Å². The lowest BCUT2D eigenvalue weighted by Crippen LogP contribution is -2.46. The summed E-state index contributed by atoms with van der Waals surface area (Å²) in [6.07, 6.45) is 5.75. The van der Waals surface area contributed by atoms with Gasteiger partial charge in [-0.1, -0.05) is 36.8 Å². The van der Waals surface area contributed by atoms with Crippen molar-refractivity contribution in [2.45, 2.75) is 50.8 Å². The largest absolute Gasteiger partial charge is 0.445 e. The Balaban J connectivity index is 1.52. The Labute approximate surface area is 126 Å². The predicted octanol–water partition coefficient (Wildman–Crippen LogP) is 2.93. The van der Waals surface area contributed by atoms with Gasteiger partial charge in [-0.25, -0.2) is 4.79 Å². The first-order chi connectivity index (χ1) is 10.3. The molecule has 1 saturated carbocycles. The smallest absolute Gasteiger partial charge is 0.410 e. The Morgan fingerprint density at radius 3 is 2.67 bits per heavy atom. The third kappa shape index (κ3) is 4.21. The number of rotatable bonds is 5. The minimum Gasteiger partial charge on any atom is -0.445 e. The van der Waals surface area contributed by atoms with E-state index in [-0.39, 0.29) is 6.09 Å². The second kappa shape index (κ2) is 6.94. The van der Waals surface area contributed by atoms with Crippen LogP contribution >= 0.6 is 0 Å². The summed E-state index contributed by atoms with van der Waals surface area (Å²) in [6.45, 7) is 2.22. The van der Waals surface area contributed by atoms with Gasteiger partial charge < -0.3 is 15.0 Å². The van der Waals surface area contributed by atoms with Gasteiger partial charge in [0.1, 0.15) is 6.61 Å². The number of nitrogens with zero attached hydrogens (tertiary/aromatic N) is 1. The molecule has 21 heavy (non-hydrogen) atoms. The van der Waals surface area contributed by atoms with Crippen LogP contribution in [0.2, 0.25) is 0 Å². The highest BCUT2D eigenvalue weighted by Gasteiger charge is 2.35. The molecule has 1 saturated heterocycles. The maximum Gasteiger partial charge on any atom is 0.410 e. The number of benzene rings is 1. The number of ether oxygens (including phenoxy) is 1. The molecule has 4 nitrogen and oxygen atoms in total. The van der Waals surface area contributed by atoms with Crippen LogP contribution in [0, 0.1) is 0 Å². The molecule has 0 bridgehead atoms. The maximum absolute atomic E-state index is 12.3. The first-order valence-corrected chi connectivity index (χ1v) is 8.03. The van der Waals surface area contributed by atoms with E-state index < -0.39 is 0 Å². The Kier molecular flexibility index (Phi) is 4.76. The molecule has 1 aromatic rings. The zero-order valence-corrected chi connectivity index (χ0v) is 12.5. The average Bonchev–Trinajstić information content (AvgIpc) is 3.37. The molecule has 0 unspecified atom stereocenters. The molecule has 2 fully saturated rings. The third-order valence-electron chi connectivity index (χ3n) is 4.26. The summed E-state index contributed by atoms with van der Waals surface area (Å²) in [7, 11) is 0.